The maximum absolute atomic E-state index is 14.3. The standard InChI is InChI=1S/C45H52BClN8O12S2/c1-25(39(58)66-46)67-51-32(31-35(47)69-41(49-31)50-42(60)64-44(2,3)4)36(56)48-33-37(57)55-34(40(59)63-23-26-13-15-28(62-9)16-14-26)27(24-68-38(33)55)22-54-19-10-12-29-30(54)17-21-53(29)20-11-18-52(8)43(61)65-45(5,6)7/h10,12-17,19,21,25,33,38H,11,18,20,22-24H2,1-9H3,(H-,48,49,50,56,60)/p+1/t25-,33?,38?/m0/s1. The van der Waals surface area contributed by atoms with E-state index in [0.717, 1.165) is 22.4 Å². The molecule has 20 nitrogen and oxygen atoms in total. The van der Waals surface area contributed by atoms with Crippen LogP contribution in [-0.2, 0) is 62.6 Å². The Morgan fingerprint density at radius 2 is 1.77 bits per heavy atom. The molecule has 1 fully saturated rings. The molecule has 4 aromatic rings. The Morgan fingerprint density at radius 3 is 2.43 bits per heavy atom. The van der Waals surface area contributed by atoms with Crippen LogP contribution in [0.4, 0.5) is 14.7 Å². The smallest absolute Gasteiger partial charge is 0.413 e. The summed E-state index contributed by atoms with van der Waals surface area (Å²) in [6.45, 7) is 12.9. The number of anilines is 1. The van der Waals surface area contributed by atoms with Crippen molar-refractivity contribution in [3.8, 4) is 5.75 Å². The largest absolute Gasteiger partial charge is 0.541 e. The van der Waals surface area contributed by atoms with Crippen LogP contribution in [-0.4, -0.2) is 124 Å². The van der Waals surface area contributed by atoms with Crippen molar-refractivity contribution in [2.24, 2.45) is 5.16 Å². The number of hydrogen-bond donors (Lipinski definition) is 2. The van der Waals surface area contributed by atoms with Crippen molar-refractivity contribution >= 4 is 101 Å². The van der Waals surface area contributed by atoms with Gasteiger partial charge in [0.2, 0.25) is 11.6 Å². The van der Waals surface area contributed by atoms with Crippen molar-refractivity contribution < 1.29 is 61.8 Å². The molecule has 2 N–H and O–H groups in total. The van der Waals surface area contributed by atoms with Crippen LogP contribution in [0.25, 0.3) is 11.0 Å². The Morgan fingerprint density at radius 1 is 1.06 bits per heavy atom. The van der Waals surface area contributed by atoms with Gasteiger partial charge in [-0.25, -0.2) is 24.2 Å². The number of ether oxygens (including phenoxy) is 4. The number of thioether (sulfide) groups is 1. The molecule has 3 atom stereocenters. The Balaban J connectivity index is 1.25. The van der Waals surface area contributed by atoms with Gasteiger partial charge in [-0.3, -0.25) is 19.8 Å². The lowest BCUT2D eigenvalue weighted by atomic mass is 10.0. The zero-order chi connectivity index (χ0) is 50.4. The number of pyridine rings is 1. The summed E-state index contributed by atoms with van der Waals surface area (Å²) in [6, 6.07) is 11.6. The van der Waals surface area contributed by atoms with Crippen LogP contribution < -0.4 is 19.9 Å². The van der Waals surface area contributed by atoms with E-state index in [0.29, 0.717) is 36.4 Å². The topological polar surface area (TPSA) is 222 Å². The van der Waals surface area contributed by atoms with Gasteiger partial charge in [0, 0.05) is 49.8 Å². The number of aromatic nitrogens is 3. The molecule has 366 valence electrons. The molecule has 2 unspecified atom stereocenters. The van der Waals surface area contributed by atoms with Gasteiger partial charge in [-0.15, -0.1) is 11.8 Å². The van der Waals surface area contributed by atoms with E-state index < -0.39 is 70.4 Å². The molecule has 2 aliphatic heterocycles. The number of oxime groups is 1. The van der Waals surface area contributed by atoms with Crippen LogP contribution in [0.3, 0.4) is 0 Å². The number of thiazole rings is 1. The summed E-state index contributed by atoms with van der Waals surface area (Å²) in [5.74, 6) is -2.50. The molecule has 0 bridgehead atoms. The average molecular weight is 1010 g/mol. The van der Waals surface area contributed by atoms with E-state index >= 15 is 0 Å². The van der Waals surface area contributed by atoms with Gasteiger partial charge in [-0.1, -0.05) is 40.2 Å². The normalized spacial score (nSPS) is 16.5. The summed E-state index contributed by atoms with van der Waals surface area (Å²) in [6.07, 6.45) is 1.85. The third kappa shape index (κ3) is 13.1. The molecule has 4 amide bonds. The number of carbonyl (C=O) groups excluding carboxylic acids is 6. The predicted molar refractivity (Wildman–Crippen MR) is 256 cm³/mol. The van der Waals surface area contributed by atoms with Gasteiger partial charge in [0.25, 0.3) is 11.8 Å². The van der Waals surface area contributed by atoms with Gasteiger partial charge in [0.05, 0.1) is 7.11 Å². The number of hydrogen-bond acceptors (Lipinski definition) is 16. The van der Waals surface area contributed by atoms with E-state index in [4.69, 9.17) is 43.4 Å². The molecule has 2 radical (unpaired) electrons. The molecule has 24 heteroatoms. The van der Waals surface area contributed by atoms with E-state index in [2.05, 4.69) is 30.0 Å². The number of fused-ring (bicyclic) bond motifs is 2. The molecule has 0 aliphatic carbocycles. The zero-order valence-electron chi connectivity index (χ0n) is 39.5. The van der Waals surface area contributed by atoms with Crippen LogP contribution in [0.5, 0.6) is 5.75 Å². The van der Waals surface area contributed by atoms with Crippen molar-refractivity contribution in [2.75, 3.05) is 31.8 Å². The number of rotatable bonds is 17. The van der Waals surface area contributed by atoms with Gasteiger partial charge >= 0.3 is 32.2 Å². The summed E-state index contributed by atoms with van der Waals surface area (Å²) in [7, 11) is 8.25. The highest BCUT2D eigenvalue weighted by Gasteiger charge is 2.55. The molecule has 6 rings (SSSR count). The predicted octanol–water partition coefficient (Wildman–Crippen LogP) is 5.48. The first-order valence-electron chi connectivity index (χ1n) is 21.6. The molecular formula is C45H53BClN8O12S2+. The van der Waals surface area contributed by atoms with E-state index in [9.17, 15) is 28.8 Å². The first-order valence-corrected chi connectivity index (χ1v) is 23.8. The van der Waals surface area contributed by atoms with Crippen molar-refractivity contribution in [3.63, 3.8) is 0 Å². The fraction of sp³-hybridized carbons (Fsp3) is 0.444. The highest BCUT2D eigenvalue weighted by atomic mass is 35.5. The fourth-order valence-corrected chi connectivity index (χ4v) is 9.33. The summed E-state index contributed by atoms with van der Waals surface area (Å²) >= 11 is 8.63. The molecular weight excluding hydrogens is 955 g/mol. The second-order valence-corrected chi connectivity index (χ2v) is 20.5. The molecule has 5 heterocycles. The quantitative estimate of drug-likeness (QED) is 0.0254. The highest BCUT2D eigenvalue weighted by Crippen LogP contribution is 2.41. The summed E-state index contributed by atoms with van der Waals surface area (Å²) < 4.78 is 30.1. The minimum atomic E-state index is -1.39. The Bertz CT molecular complexity index is 2660. The zero-order valence-corrected chi connectivity index (χ0v) is 41.9. The molecule has 2 aliphatic rings. The number of amides is 4. The average Bonchev–Trinajstić information content (AvgIpc) is 3.87. The van der Waals surface area contributed by atoms with Gasteiger partial charge in [-0.05, 0) is 78.6 Å². The number of methoxy groups -OCH3 is 1. The summed E-state index contributed by atoms with van der Waals surface area (Å²) in [5, 5.41) is 8.15. The highest BCUT2D eigenvalue weighted by molar-refractivity contribution is 8.00. The number of halogens is 1. The van der Waals surface area contributed by atoms with E-state index in [1.54, 1.807) is 64.1 Å². The third-order valence-corrected chi connectivity index (χ3v) is 12.7. The van der Waals surface area contributed by atoms with E-state index in [-0.39, 0.29) is 39.8 Å². The number of esters is 1. The first-order chi connectivity index (χ1) is 32.6. The van der Waals surface area contributed by atoms with Crippen molar-refractivity contribution in [1.82, 2.24) is 24.7 Å². The number of benzene rings is 1. The Labute approximate surface area is 413 Å². The van der Waals surface area contributed by atoms with Gasteiger partial charge in [0.15, 0.2) is 23.6 Å². The fourth-order valence-electron chi connectivity index (χ4n) is 6.96. The Hall–Kier alpha value is -6.33. The molecule has 0 spiro atoms. The van der Waals surface area contributed by atoms with Crippen LogP contribution in [0.2, 0.25) is 4.34 Å². The minimum absolute atomic E-state index is 0.0311. The lowest BCUT2D eigenvalue weighted by Crippen LogP contribution is -2.71. The van der Waals surface area contributed by atoms with Crippen molar-refractivity contribution in [1.29, 1.82) is 0 Å². The van der Waals surface area contributed by atoms with Gasteiger partial charge in [0.1, 0.15) is 56.2 Å². The molecule has 69 heavy (non-hydrogen) atoms. The van der Waals surface area contributed by atoms with Crippen LogP contribution >= 0.6 is 34.7 Å². The van der Waals surface area contributed by atoms with Crippen LogP contribution in [0, 0.1) is 0 Å². The number of carbonyl (C=O) groups is 6. The third-order valence-electron chi connectivity index (χ3n) is 10.2. The first kappa shape index (κ1) is 52.1. The molecule has 0 saturated carbocycles. The number of nitrogens with one attached hydrogen (secondary N) is 2. The summed E-state index contributed by atoms with van der Waals surface area (Å²) in [4.78, 5) is 92.1. The van der Waals surface area contributed by atoms with Crippen LogP contribution in [0.15, 0.2) is 71.3 Å². The summed E-state index contributed by atoms with van der Waals surface area (Å²) in [5.41, 5.74) is 0.819. The SMILES string of the molecule is [B]OC(=O)[C@H](C)ON=C(C(=O)NC1C(=O)N2C(C(=O)OCc3ccc(OC)cc3)=C(C[n+]3cccc4c3ccn4CCCN(C)C(=O)OC(C)(C)C)CSC12)c1nc(NC(=O)OC(C)(C)C)sc1Cl. The number of β-lactam (4-membered cyclic amide) rings is 1. The van der Waals surface area contributed by atoms with Gasteiger partial charge < -0.3 is 43.2 Å². The van der Waals surface area contributed by atoms with E-state index in [1.807, 2.05) is 55.9 Å². The lowest BCUT2D eigenvalue weighted by Gasteiger charge is -2.49. The second-order valence-electron chi connectivity index (χ2n) is 17.8. The van der Waals surface area contributed by atoms with Gasteiger partial charge in [-0.2, -0.15) is 4.57 Å². The van der Waals surface area contributed by atoms with Crippen molar-refractivity contribution in [3.05, 3.63) is 81.7 Å². The molecule has 1 saturated heterocycles. The van der Waals surface area contributed by atoms with E-state index in [1.165, 1.54) is 23.6 Å². The van der Waals surface area contributed by atoms with Crippen LogP contribution in [0.1, 0.15) is 66.1 Å². The maximum atomic E-state index is 14.3. The molecule has 1 aromatic carbocycles. The molecule has 3 aromatic heterocycles. The maximum Gasteiger partial charge on any atom is 0.413 e. The monoisotopic (exact) mass is 1010 g/mol. The number of aryl methyl sites for hydroxylation is 1. The number of nitrogens with zero attached hydrogens (tertiary/aromatic N) is 6. The Kier molecular flexibility index (Phi) is 16.6. The minimum Gasteiger partial charge on any atom is -0.541 e. The second kappa shape index (κ2) is 22.0. The van der Waals surface area contributed by atoms with Crippen molar-refractivity contribution in [2.45, 2.75) is 103 Å². The lowest BCUT2D eigenvalue weighted by molar-refractivity contribution is -0.663.